The zero-order chi connectivity index (χ0) is 16.3. The van der Waals surface area contributed by atoms with Gasteiger partial charge in [0.25, 0.3) is 5.91 Å². The van der Waals surface area contributed by atoms with Crippen LogP contribution in [0.2, 0.25) is 0 Å². The van der Waals surface area contributed by atoms with E-state index in [0.717, 1.165) is 10.2 Å². The van der Waals surface area contributed by atoms with Crippen LogP contribution in [0.25, 0.3) is 10.2 Å². The third-order valence-electron chi connectivity index (χ3n) is 3.39. The zero-order valence-corrected chi connectivity index (χ0v) is 14.1. The van der Waals surface area contributed by atoms with Crippen molar-refractivity contribution < 1.29 is 9.59 Å². The van der Waals surface area contributed by atoms with Crippen molar-refractivity contribution in [3.8, 4) is 0 Å². The van der Waals surface area contributed by atoms with Crippen LogP contribution < -0.4 is 10.2 Å². The van der Waals surface area contributed by atoms with Crippen LogP contribution in [-0.2, 0) is 9.59 Å². The number of thiazole rings is 1. The molecule has 5 nitrogen and oxygen atoms in total. The van der Waals surface area contributed by atoms with Crippen molar-refractivity contribution in [2.75, 3.05) is 11.4 Å². The van der Waals surface area contributed by atoms with Gasteiger partial charge in [-0.05, 0) is 25.0 Å². The number of rotatable bonds is 5. The van der Waals surface area contributed by atoms with E-state index in [2.05, 4.69) is 10.3 Å². The molecule has 1 aromatic carbocycles. The van der Waals surface area contributed by atoms with E-state index in [9.17, 15) is 9.59 Å². The predicted molar refractivity (Wildman–Crippen MR) is 90.1 cm³/mol. The molecular weight excluding hydrogens is 298 g/mol. The molecule has 0 aliphatic carbocycles. The first kappa shape index (κ1) is 16.4. The van der Waals surface area contributed by atoms with E-state index in [1.165, 1.54) is 18.3 Å². The SMILES string of the molecule is CCN(C(=O)[C@@H](NC(C)=O)C(C)C)c1nc2ccccc2s1. The summed E-state index contributed by atoms with van der Waals surface area (Å²) in [6, 6.07) is 7.27. The van der Waals surface area contributed by atoms with Crippen molar-refractivity contribution in [3.63, 3.8) is 0 Å². The van der Waals surface area contributed by atoms with Crippen LogP contribution in [0.1, 0.15) is 27.7 Å². The van der Waals surface area contributed by atoms with Gasteiger partial charge in [0.05, 0.1) is 10.2 Å². The summed E-state index contributed by atoms with van der Waals surface area (Å²) in [6.45, 7) is 7.70. The van der Waals surface area contributed by atoms with Crippen LogP contribution in [0.15, 0.2) is 24.3 Å². The molecule has 1 N–H and O–H groups in total. The van der Waals surface area contributed by atoms with Crippen LogP contribution in [0, 0.1) is 5.92 Å². The molecule has 0 saturated heterocycles. The lowest BCUT2D eigenvalue weighted by molar-refractivity contribution is -0.127. The fraction of sp³-hybridized carbons (Fsp3) is 0.438. The Bertz CT molecular complexity index is 648. The maximum atomic E-state index is 12.8. The molecule has 1 heterocycles. The summed E-state index contributed by atoms with van der Waals surface area (Å²) in [7, 11) is 0. The largest absolute Gasteiger partial charge is 0.344 e. The Balaban J connectivity index is 2.32. The minimum absolute atomic E-state index is 0.0137. The molecule has 0 radical (unpaired) electrons. The van der Waals surface area contributed by atoms with E-state index in [-0.39, 0.29) is 17.7 Å². The first-order valence-corrected chi connectivity index (χ1v) is 8.19. The van der Waals surface area contributed by atoms with Gasteiger partial charge in [-0.1, -0.05) is 37.3 Å². The van der Waals surface area contributed by atoms with E-state index in [0.29, 0.717) is 11.7 Å². The molecule has 0 aliphatic rings. The average molecular weight is 319 g/mol. The number of para-hydroxylation sites is 1. The van der Waals surface area contributed by atoms with E-state index in [1.807, 2.05) is 45.0 Å². The maximum absolute atomic E-state index is 12.8. The third kappa shape index (κ3) is 3.44. The van der Waals surface area contributed by atoms with E-state index >= 15 is 0 Å². The molecule has 2 amide bonds. The van der Waals surface area contributed by atoms with Gasteiger partial charge in [0.15, 0.2) is 5.13 Å². The molecule has 6 heteroatoms. The number of fused-ring (bicyclic) bond motifs is 1. The number of nitrogens with zero attached hydrogens (tertiary/aromatic N) is 2. The number of hydrogen-bond acceptors (Lipinski definition) is 4. The van der Waals surface area contributed by atoms with E-state index < -0.39 is 6.04 Å². The Morgan fingerprint density at radius 3 is 2.55 bits per heavy atom. The van der Waals surface area contributed by atoms with Crippen LogP contribution in [-0.4, -0.2) is 29.4 Å². The topological polar surface area (TPSA) is 62.3 Å². The molecule has 2 aromatic rings. The molecule has 2 rings (SSSR count). The quantitative estimate of drug-likeness (QED) is 0.922. The van der Waals surface area contributed by atoms with Crippen LogP contribution in [0.4, 0.5) is 5.13 Å². The summed E-state index contributed by atoms with van der Waals surface area (Å²) in [5, 5.41) is 3.42. The molecule has 0 fully saturated rings. The molecule has 0 spiro atoms. The minimum Gasteiger partial charge on any atom is -0.344 e. The summed E-state index contributed by atoms with van der Waals surface area (Å²) in [5.74, 6) is -0.306. The smallest absolute Gasteiger partial charge is 0.251 e. The van der Waals surface area contributed by atoms with Crippen molar-refractivity contribution in [3.05, 3.63) is 24.3 Å². The van der Waals surface area contributed by atoms with Gasteiger partial charge in [-0.3, -0.25) is 14.5 Å². The number of hydrogen-bond donors (Lipinski definition) is 1. The fourth-order valence-electron chi connectivity index (χ4n) is 2.26. The molecule has 22 heavy (non-hydrogen) atoms. The lowest BCUT2D eigenvalue weighted by Gasteiger charge is -2.27. The molecule has 0 unspecified atom stereocenters. The second-order valence-electron chi connectivity index (χ2n) is 5.47. The molecule has 1 atom stereocenters. The van der Waals surface area contributed by atoms with Crippen molar-refractivity contribution in [1.82, 2.24) is 10.3 Å². The Kier molecular flexibility index (Phi) is 5.13. The van der Waals surface area contributed by atoms with Crippen LogP contribution >= 0.6 is 11.3 Å². The molecule has 1 aromatic heterocycles. The monoisotopic (exact) mass is 319 g/mol. The second-order valence-corrected chi connectivity index (χ2v) is 6.48. The number of benzene rings is 1. The summed E-state index contributed by atoms with van der Waals surface area (Å²) in [5.41, 5.74) is 0.884. The Hall–Kier alpha value is -1.95. The van der Waals surface area contributed by atoms with Gasteiger partial charge in [-0.25, -0.2) is 4.98 Å². The van der Waals surface area contributed by atoms with Crippen molar-refractivity contribution >= 4 is 38.5 Å². The summed E-state index contributed by atoms with van der Waals surface area (Å²) >= 11 is 1.49. The molecular formula is C16H21N3O2S. The Morgan fingerprint density at radius 2 is 2.00 bits per heavy atom. The number of anilines is 1. The summed E-state index contributed by atoms with van der Waals surface area (Å²) in [6.07, 6.45) is 0. The van der Waals surface area contributed by atoms with Gasteiger partial charge in [0, 0.05) is 13.5 Å². The Labute approximate surface area is 134 Å². The standard InChI is InChI=1S/C16H21N3O2S/c1-5-19(15(21)14(10(2)3)17-11(4)20)16-18-12-8-6-7-9-13(12)22-16/h6-10,14H,5H2,1-4H3,(H,17,20)/t14-/m0/s1. The van der Waals surface area contributed by atoms with Crippen molar-refractivity contribution in [2.45, 2.75) is 33.7 Å². The van der Waals surface area contributed by atoms with Gasteiger partial charge in [-0.2, -0.15) is 0 Å². The lowest BCUT2D eigenvalue weighted by atomic mass is 10.0. The average Bonchev–Trinajstić information content (AvgIpc) is 2.88. The predicted octanol–water partition coefficient (Wildman–Crippen LogP) is 2.81. The first-order valence-electron chi connectivity index (χ1n) is 7.38. The molecule has 118 valence electrons. The zero-order valence-electron chi connectivity index (χ0n) is 13.3. The molecule has 0 bridgehead atoms. The highest BCUT2D eigenvalue weighted by molar-refractivity contribution is 7.22. The number of likely N-dealkylation sites (N-methyl/N-ethyl adjacent to an activating group) is 1. The second kappa shape index (κ2) is 6.87. The highest BCUT2D eigenvalue weighted by atomic mass is 32.1. The summed E-state index contributed by atoms with van der Waals surface area (Å²) in [4.78, 5) is 30.3. The highest BCUT2D eigenvalue weighted by Gasteiger charge is 2.29. The van der Waals surface area contributed by atoms with Gasteiger partial charge in [0.1, 0.15) is 6.04 Å². The minimum atomic E-state index is -0.538. The first-order chi connectivity index (χ1) is 10.4. The van der Waals surface area contributed by atoms with E-state index in [4.69, 9.17) is 0 Å². The highest BCUT2D eigenvalue weighted by Crippen LogP contribution is 2.29. The number of carbonyl (C=O) groups is 2. The van der Waals surface area contributed by atoms with E-state index in [1.54, 1.807) is 4.90 Å². The molecule has 0 saturated carbocycles. The van der Waals surface area contributed by atoms with Crippen LogP contribution in [0.5, 0.6) is 0 Å². The number of nitrogens with one attached hydrogen (secondary N) is 1. The normalized spacial score (nSPS) is 12.4. The van der Waals surface area contributed by atoms with Gasteiger partial charge in [0.2, 0.25) is 5.91 Å². The van der Waals surface area contributed by atoms with Crippen molar-refractivity contribution in [2.24, 2.45) is 5.92 Å². The Morgan fingerprint density at radius 1 is 1.32 bits per heavy atom. The van der Waals surface area contributed by atoms with Gasteiger partial charge < -0.3 is 5.32 Å². The lowest BCUT2D eigenvalue weighted by Crippen LogP contribution is -2.51. The van der Waals surface area contributed by atoms with Crippen molar-refractivity contribution in [1.29, 1.82) is 0 Å². The number of aromatic nitrogens is 1. The van der Waals surface area contributed by atoms with Gasteiger partial charge >= 0.3 is 0 Å². The van der Waals surface area contributed by atoms with Gasteiger partial charge in [-0.15, -0.1) is 0 Å². The molecule has 0 aliphatic heterocycles. The number of carbonyl (C=O) groups excluding carboxylic acids is 2. The third-order valence-corrected chi connectivity index (χ3v) is 4.45. The maximum Gasteiger partial charge on any atom is 0.251 e. The van der Waals surface area contributed by atoms with Crippen LogP contribution in [0.3, 0.4) is 0 Å². The summed E-state index contributed by atoms with van der Waals surface area (Å²) < 4.78 is 1.05. The number of amides is 2. The fourth-order valence-corrected chi connectivity index (χ4v) is 3.30.